The van der Waals surface area contributed by atoms with Crippen LogP contribution in [0.1, 0.15) is 40.7 Å². The van der Waals surface area contributed by atoms with Crippen LogP contribution in [0.4, 0.5) is 0 Å². The third-order valence-corrected chi connectivity index (χ3v) is 5.18. The summed E-state index contributed by atoms with van der Waals surface area (Å²) in [5, 5.41) is 9.03. The van der Waals surface area contributed by atoms with E-state index < -0.39 is 5.97 Å². The second kappa shape index (κ2) is 7.72. The molecule has 1 aromatic carbocycles. The Morgan fingerprint density at radius 1 is 1.23 bits per heavy atom. The monoisotopic (exact) mass is 356 g/mol. The molecule has 0 bridgehead atoms. The minimum atomic E-state index is -0.799. The van der Waals surface area contributed by atoms with Gasteiger partial charge in [0.05, 0.1) is 12.5 Å². The summed E-state index contributed by atoms with van der Waals surface area (Å²) < 4.78 is 0. The van der Waals surface area contributed by atoms with E-state index in [9.17, 15) is 14.4 Å². The molecule has 6 nitrogen and oxygen atoms in total. The van der Waals surface area contributed by atoms with Gasteiger partial charge >= 0.3 is 5.97 Å². The number of fused-ring (bicyclic) bond motifs is 1. The Balaban J connectivity index is 1.58. The molecule has 26 heavy (non-hydrogen) atoms. The first-order valence-corrected chi connectivity index (χ1v) is 9.01. The Labute approximate surface area is 153 Å². The third-order valence-electron chi connectivity index (χ3n) is 5.18. The van der Waals surface area contributed by atoms with Crippen molar-refractivity contribution in [1.29, 1.82) is 0 Å². The molecule has 1 heterocycles. The fourth-order valence-electron chi connectivity index (χ4n) is 3.54. The number of carboxylic acid groups (broad SMARTS) is 1. The first kappa shape index (κ1) is 18.2. The molecule has 1 aliphatic heterocycles. The van der Waals surface area contributed by atoms with Crippen LogP contribution in [0, 0.1) is 5.92 Å². The van der Waals surface area contributed by atoms with Crippen molar-refractivity contribution in [3.8, 4) is 0 Å². The molecule has 1 aliphatic carbocycles. The number of carbonyl (C=O) groups is 3. The van der Waals surface area contributed by atoms with Crippen molar-refractivity contribution in [2.45, 2.75) is 25.7 Å². The molecule has 1 fully saturated rings. The zero-order valence-corrected chi connectivity index (χ0v) is 15.0. The third kappa shape index (κ3) is 3.95. The predicted molar refractivity (Wildman–Crippen MR) is 97.7 cm³/mol. The lowest BCUT2D eigenvalue weighted by atomic mass is 9.95. The van der Waals surface area contributed by atoms with Gasteiger partial charge in [-0.05, 0) is 48.9 Å². The van der Waals surface area contributed by atoms with Crippen LogP contribution in [-0.2, 0) is 16.0 Å². The Hall–Kier alpha value is -2.63. The average Bonchev–Trinajstić information content (AvgIpc) is 2.67. The van der Waals surface area contributed by atoms with Gasteiger partial charge in [0, 0.05) is 25.7 Å². The standard InChI is InChI=1S/C20H24N2O4/c1-21(13-18(23)22-10-8-15(9-11-22)20(25)26)19(24)17-7-6-14-4-2-3-5-16(14)12-17/h2,4,6-7,12,15H,3,5,8-11,13H2,1H3,(H,25,26). The molecule has 6 heteroatoms. The lowest BCUT2D eigenvalue weighted by molar-refractivity contribution is -0.145. The van der Waals surface area contributed by atoms with E-state index in [4.69, 9.17) is 5.11 Å². The van der Waals surface area contributed by atoms with Gasteiger partial charge in [0.2, 0.25) is 5.91 Å². The molecule has 0 saturated carbocycles. The maximum Gasteiger partial charge on any atom is 0.306 e. The SMILES string of the molecule is CN(CC(=O)N1CCC(C(=O)O)CC1)C(=O)c1ccc2c(c1)CCC=C2. The number of rotatable bonds is 4. The molecule has 0 spiro atoms. The van der Waals surface area contributed by atoms with Gasteiger partial charge in [-0.15, -0.1) is 0 Å². The van der Waals surface area contributed by atoms with Gasteiger partial charge in [-0.1, -0.05) is 18.2 Å². The predicted octanol–water partition coefficient (Wildman–Crippen LogP) is 2.04. The number of likely N-dealkylation sites (N-methyl/N-ethyl adjacent to an activating group) is 1. The summed E-state index contributed by atoms with van der Waals surface area (Å²) in [6, 6.07) is 5.67. The van der Waals surface area contributed by atoms with Crippen LogP contribution in [0.25, 0.3) is 6.08 Å². The van der Waals surface area contributed by atoms with E-state index in [-0.39, 0.29) is 24.3 Å². The van der Waals surface area contributed by atoms with Gasteiger partial charge in [0.1, 0.15) is 0 Å². The highest BCUT2D eigenvalue weighted by Crippen LogP contribution is 2.21. The number of benzene rings is 1. The number of hydrogen-bond acceptors (Lipinski definition) is 3. The van der Waals surface area contributed by atoms with Crippen LogP contribution >= 0.6 is 0 Å². The number of nitrogens with zero attached hydrogens (tertiary/aromatic N) is 2. The number of likely N-dealkylation sites (tertiary alicyclic amines) is 1. The van der Waals surface area contributed by atoms with Crippen LogP contribution in [-0.4, -0.2) is 59.4 Å². The van der Waals surface area contributed by atoms with Crippen molar-refractivity contribution in [1.82, 2.24) is 9.80 Å². The second-order valence-corrected chi connectivity index (χ2v) is 7.01. The highest BCUT2D eigenvalue weighted by Gasteiger charge is 2.28. The Bertz CT molecular complexity index is 748. The number of piperidine rings is 1. The minimum Gasteiger partial charge on any atom is -0.481 e. The van der Waals surface area contributed by atoms with Gasteiger partial charge in [-0.3, -0.25) is 14.4 Å². The van der Waals surface area contributed by atoms with E-state index in [0.717, 1.165) is 24.0 Å². The van der Waals surface area contributed by atoms with E-state index >= 15 is 0 Å². The fraction of sp³-hybridized carbons (Fsp3) is 0.450. The van der Waals surface area contributed by atoms with Gasteiger partial charge < -0.3 is 14.9 Å². The lowest BCUT2D eigenvalue weighted by Crippen LogP contribution is -2.45. The van der Waals surface area contributed by atoms with Crippen molar-refractivity contribution in [3.05, 3.63) is 41.0 Å². The van der Waals surface area contributed by atoms with E-state index in [1.54, 1.807) is 18.0 Å². The molecule has 0 aromatic heterocycles. The number of aliphatic carboxylic acids is 1. The molecule has 1 saturated heterocycles. The Morgan fingerprint density at radius 3 is 2.65 bits per heavy atom. The van der Waals surface area contributed by atoms with Crippen molar-refractivity contribution < 1.29 is 19.5 Å². The number of aryl methyl sites for hydroxylation is 1. The minimum absolute atomic E-state index is 0.00750. The maximum atomic E-state index is 12.6. The molecule has 2 aliphatic rings. The Kier molecular flexibility index (Phi) is 5.40. The second-order valence-electron chi connectivity index (χ2n) is 7.01. The number of carboxylic acids is 1. The Morgan fingerprint density at radius 2 is 1.96 bits per heavy atom. The zero-order chi connectivity index (χ0) is 18.7. The van der Waals surface area contributed by atoms with Crippen molar-refractivity contribution >= 4 is 23.9 Å². The van der Waals surface area contributed by atoms with Crippen LogP contribution < -0.4 is 0 Å². The highest BCUT2D eigenvalue weighted by molar-refractivity contribution is 5.96. The van der Waals surface area contributed by atoms with Crippen molar-refractivity contribution in [3.63, 3.8) is 0 Å². The molecular formula is C20H24N2O4. The summed E-state index contributed by atoms with van der Waals surface area (Å²) in [6.07, 6.45) is 7.04. The van der Waals surface area contributed by atoms with E-state index in [1.807, 2.05) is 12.1 Å². The summed E-state index contributed by atoms with van der Waals surface area (Å²) in [4.78, 5) is 39.2. The van der Waals surface area contributed by atoms with Crippen molar-refractivity contribution in [2.75, 3.05) is 26.7 Å². The van der Waals surface area contributed by atoms with Crippen LogP contribution in [0.3, 0.4) is 0 Å². The molecule has 1 aromatic rings. The summed E-state index contributed by atoms with van der Waals surface area (Å²) in [5.41, 5.74) is 2.90. The van der Waals surface area contributed by atoms with E-state index in [2.05, 4.69) is 12.2 Å². The van der Waals surface area contributed by atoms with Gasteiger partial charge in [0.15, 0.2) is 0 Å². The topological polar surface area (TPSA) is 77.9 Å². The fourth-order valence-corrected chi connectivity index (χ4v) is 3.54. The maximum absolute atomic E-state index is 12.6. The molecule has 0 atom stereocenters. The summed E-state index contributed by atoms with van der Waals surface area (Å²) >= 11 is 0. The average molecular weight is 356 g/mol. The zero-order valence-electron chi connectivity index (χ0n) is 15.0. The van der Waals surface area contributed by atoms with Crippen LogP contribution in [0.15, 0.2) is 24.3 Å². The molecule has 138 valence electrons. The smallest absolute Gasteiger partial charge is 0.306 e. The van der Waals surface area contributed by atoms with E-state index in [1.165, 1.54) is 4.90 Å². The molecule has 3 rings (SSSR count). The molecule has 0 unspecified atom stereocenters. The van der Waals surface area contributed by atoms with Gasteiger partial charge in [0.25, 0.3) is 5.91 Å². The van der Waals surface area contributed by atoms with E-state index in [0.29, 0.717) is 31.5 Å². The quantitative estimate of drug-likeness (QED) is 0.896. The summed E-state index contributed by atoms with van der Waals surface area (Å²) in [7, 11) is 1.63. The lowest BCUT2D eigenvalue weighted by Gasteiger charge is -2.31. The highest BCUT2D eigenvalue weighted by atomic mass is 16.4. The number of hydrogen-bond donors (Lipinski definition) is 1. The molecular weight excluding hydrogens is 332 g/mol. The first-order valence-electron chi connectivity index (χ1n) is 9.01. The molecule has 0 radical (unpaired) electrons. The van der Waals surface area contributed by atoms with Crippen molar-refractivity contribution in [2.24, 2.45) is 5.92 Å². The summed E-state index contributed by atoms with van der Waals surface area (Å²) in [5.74, 6) is -1.48. The van der Waals surface area contributed by atoms with Gasteiger partial charge in [-0.2, -0.15) is 0 Å². The number of amides is 2. The largest absolute Gasteiger partial charge is 0.481 e. The number of carbonyl (C=O) groups excluding carboxylic acids is 2. The van der Waals surface area contributed by atoms with Crippen LogP contribution in [0.2, 0.25) is 0 Å². The molecule has 2 amide bonds. The van der Waals surface area contributed by atoms with Gasteiger partial charge in [-0.25, -0.2) is 0 Å². The normalized spacial score (nSPS) is 16.9. The summed E-state index contributed by atoms with van der Waals surface area (Å²) in [6.45, 7) is 0.875. The van der Waals surface area contributed by atoms with Crippen LogP contribution in [0.5, 0.6) is 0 Å². The number of allylic oxidation sites excluding steroid dienone is 1. The molecule has 1 N–H and O–H groups in total. The first-order chi connectivity index (χ1) is 12.5.